The topological polar surface area (TPSA) is 52.4 Å². The lowest BCUT2D eigenvalue weighted by Gasteiger charge is -2.11. The Kier molecular flexibility index (Phi) is 3.85. The molecule has 4 nitrogen and oxygen atoms in total. The fourth-order valence-electron chi connectivity index (χ4n) is 1.12. The van der Waals surface area contributed by atoms with Crippen molar-refractivity contribution >= 4 is 6.08 Å². The van der Waals surface area contributed by atoms with Crippen LogP contribution in [-0.4, -0.2) is 11.0 Å². The van der Waals surface area contributed by atoms with Crippen LogP contribution in [0.3, 0.4) is 0 Å². The molecule has 0 spiro atoms. The summed E-state index contributed by atoms with van der Waals surface area (Å²) in [6.45, 7) is 3.82. The van der Waals surface area contributed by atoms with Crippen LogP contribution in [0.15, 0.2) is 30.5 Å². The molecule has 1 aromatic rings. The largest absolute Gasteiger partial charge is 0.490 e. The summed E-state index contributed by atoms with van der Waals surface area (Å²) in [6.07, 6.45) is 2.38. The van der Waals surface area contributed by atoms with Crippen molar-refractivity contribution in [1.29, 1.82) is 0 Å². The highest BCUT2D eigenvalue weighted by atomic mass is 16.6. The van der Waals surface area contributed by atoms with Gasteiger partial charge in [0.05, 0.1) is 11.0 Å². The van der Waals surface area contributed by atoms with Crippen molar-refractivity contribution in [1.82, 2.24) is 0 Å². The maximum absolute atomic E-state index is 10.2. The summed E-state index contributed by atoms with van der Waals surface area (Å²) in [4.78, 5) is 9.69. The molecule has 80 valence electrons. The summed E-state index contributed by atoms with van der Waals surface area (Å²) in [5, 5.41) is 10.2. The molecule has 0 radical (unpaired) electrons. The quantitative estimate of drug-likeness (QED) is 0.563. The van der Waals surface area contributed by atoms with Crippen LogP contribution in [-0.2, 0) is 0 Å². The number of nitro groups is 1. The predicted molar refractivity (Wildman–Crippen MR) is 58.2 cm³/mol. The van der Waals surface area contributed by atoms with Crippen LogP contribution in [0.25, 0.3) is 6.08 Å². The zero-order valence-corrected chi connectivity index (χ0v) is 8.71. The van der Waals surface area contributed by atoms with E-state index in [0.29, 0.717) is 11.3 Å². The minimum Gasteiger partial charge on any atom is -0.490 e. The molecule has 0 fully saturated rings. The van der Waals surface area contributed by atoms with E-state index in [0.717, 1.165) is 6.20 Å². The van der Waals surface area contributed by atoms with Gasteiger partial charge in [-0.05, 0) is 19.9 Å². The number of rotatable bonds is 4. The average Bonchev–Trinajstić information content (AvgIpc) is 2.15. The maximum atomic E-state index is 10.2. The standard InChI is InChI=1S/C11H13NO3/c1-9(2)15-11-6-4-3-5-10(11)7-8-12(13)14/h3-9H,1-2H3/b8-7+. The normalized spacial score (nSPS) is 10.9. The number of benzene rings is 1. The molecule has 0 N–H and O–H groups in total. The van der Waals surface area contributed by atoms with E-state index in [-0.39, 0.29) is 6.10 Å². The monoisotopic (exact) mass is 207 g/mol. The smallest absolute Gasteiger partial charge is 0.235 e. The third-order valence-corrected chi connectivity index (χ3v) is 1.66. The van der Waals surface area contributed by atoms with Gasteiger partial charge >= 0.3 is 0 Å². The first-order valence-electron chi connectivity index (χ1n) is 4.67. The lowest BCUT2D eigenvalue weighted by molar-refractivity contribution is -0.400. The fourth-order valence-corrected chi connectivity index (χ4v) is 1.12. The third kappa shape index (κ3) is 3.81. The lowest BCUT2D eigenvalue weighted by atomic mass is 10.2. The molecule has 0 aromatic heterocycles. The number of hydrogen-bond acceptors (Lipinski definition) is 3. The van der Waals surface area contributed by atoms with Gasteiger partial charge in [-0.1, -0.05) is 18.2 Å². The molecule has 0 heterocycles. The minimum absolute atomic E-state index is 0.0511. The molecule has 0 atom stereocenters. The van der Waals surface area contributed by atoms with Crippen molar-refractivity contribution in [2.45, 2.75) is 20.0 Å². The minimum atomic E-state index is -0.494. The SMILES string of the molecule is CC(C)Oc1ccccc1/C=C/[N+](=O)[O-]. The highest BCUT2D eigenvalue weighted by molar-refractivity contribution is 5.56. The van der Waals surface area contributed by atoms with Gasteiger partial charge in [-0.25, -0.2) is 0 Å². The first-order valence-corrected chi connectivity index (χ1v) is 4.67. The van der Waals surface area contributed by atoms with Crippen molar-refractivity contribution < 1.29 is 9.66 Å². The van der Waals surface area contributed by atoms with E-state index >= 15 is 0 Å². The molecule has 0 aliphatic rings. The molecule has 1 rings (SSSR count). The summed E-state index contributed by atoms with van der Waals surface area (Å²) in [6, 6.07) is 7.21. The van der Waals surface area contributed by atoms with Crippen molar-refractivity contribution in [2.24, 2.45) is 0 Å². The van der Waals surface area contributed by atoms with Gasteiger partial charge in [-0.2, -0.15) is 0 Å². The van der Waals surface area contributed by atoms with Gasteiger partial charge in [0.1, 0.15) is 5.75 Å². The molecule has 1 aromatic carbocycles. The van der Waals surface area contributed by atoms with Gasteiger partial charge in [-0.15, -0.1) is 0 Å². The molecule has 0 unspecified atom stereocenters. The molecule has 4 heteroatoms. The van der Waals surface area contributed by atoms with Gasteiger partial charge in [-0.3, -0.25) is 10.1 Å². The Bertz CT molecular complexity index is 372. The Hall–Kier alpha value is -1.84. The highest BCUT2D eigenvalue weighted by Gasteiger charge is 2.02. The molecule has 0 aliphatic carbocycles. The van der Waals surface area contributed by atoms with E-state index < -0.39 is 4.92 Å². The Balaban J connectivity index is 2.91. The van der Waals surface area contributed by atoms with Gasteiger partial charge in [0.2, 0.25) is 6.20 Å². The molecule has 0 saturated heterocycles. The van der Waals surface area contributed by atoms with Crippen LogP contribution in [0.4, 0.5) is 0 Å². The van der Waals surface area contributed by atoms with Crippen LogP contribution in [0.1, 0.15) is 19.4 Å². The first-order chi connectivity index (χ1) is 7.09. The molecular weight excluding hydrogens is 194 g/mol. The Morgan fingerprint density at radius 2 is 2.07 bits per heavy atom. The van der Waals surface area contributed by atoms with Crippen LogP contribution < -0.4 is 4.74 Å². The molecular formula is C11H13NO3. The number of ether oxygens (including phenoxy) is 1. The van der Waals surface area contributed by atoms with Crippen LogP contribution in [0.5, 0.6) is 5.75 Å². The zero-order valence-electron chi connectivity index (χ0n) is 8.71. The van der Waals surface area contributed by atoms with Crippen molar-refractivity contribution in [2.75, 3.05) is 0 Å². The van der Waals surface area contributed by atoms with E-state index in [4.69, 9.17) is 4.74 Å². The van der Waals surface area contributed by atoms with Gasteiger partial charge in [0.25, 0.3) is 0 Å². The summed E-state index contributed by atoms with van der Waals surface area (Å²) in [5.74, 6) is 0.658. The molecule has 0 aliphatic heterocycles. The predicted octanol–water partition coefficient (Wildman–Crippen LogP) is 2.72. The average molecular weight is 207 g/mol. The van der Waals surface area contributed by atoms with Crippen LogP contribution in [0, 0.1) is 10.1 Å². The summed E-state index contributed by atoms with van der Waals surface area (Å²) in [7, 11) is 0. The molecule has 0 bridgehead atoms. The van der Waals surface area contributed by atoms with Gasteiger partial charge < -0.3 is 4.74 Å². The number of para-hydroxylation sites is 1. The van der Waals surface area contributed by atoms with Crippen molar-refractivity contribution in [3.63, 3.8) is 0 Å². The van der Waals surface area contributed by atoms with Crippen molar-refractivity contribution in [3.05, 3.63) is 46.1 Å². The molecule has 0 amide bonds. The number of hydrogen-bond donors (Lipinski definition) is 0. The second-order valence-corrected chi connectivity index (χ2v) is 3.31. The Labute approximate surface area is 88.3 Å². The fraction of sp³-hybridized carbons (Fsp3) is 0.273. The maximum Gasteiger partial charge on any atom is 0.235 e. The van der Waals surface area contributed by atoms with E-state index in [1.54, 1.807) is 12.1 Å². The van der Waals surface area contributed by atoms with Gasteiger partial charge in [0, 0.05) is 11.6 Å². The Morgan fingerprint density at radius 1 is 1.40 bits per heavy atom. The second-order valence-electron chi connectivity index (χ2n) is 3.31. The Morgan fingerprint density at radius 3 is 2.67 bits per heavy atom. The van der Waals surface area contributed by atoms with Gasteiger partial charge in [0.15, 0.2) is 0 Å². The van der Waals surface area contributed by atoms with Crippen molar-refractivity contribution in [3.8, 4) is 5.75 Å². The van der Waals surface area contributed by atoms with Crippen LogP contribution >= 0.6 is 0 Å². The first kappa shape index (κ1) is 11.2. The third-order valence-electron chi connectivity index (χ3n) is 1.66. The second kappa shape index (κ2) is 5.14. The summed E-state index contributed by atoms with van der Waals surface area (Å²) in [5.41, 5.74) is 0.711. The van der Waals surface area contributed by atoms with E-state index in [1.165, 1.54) is 6.08 Å². The lowest BCUT2D eigenvalue weighted by Crippen LogP contribution is -2.06. The molecule has 0 saturated carbocycles. The zero-order chi connectivity index (χ0) is 11.3. The van der Waals surface area contributed by atoms with E-state index in [9.17, 15) is 10.1 Å². The molecule has 15 heavy (non-hydrogen) atoms. The number of nitrogens with zero attached hydrogens (tertiary/aromatic N) is 1. The highest BCUT2D eigenvalue weighted by Crippen LogP contribution is 2.20. The van der Waals surface area contributed by atoms with Crippen LogP contribution in [0.2, 0.25) is 0 Å². The van der Waals surface area contributed by atoms with E-state index in [1.807, 2.05) is 26.0 Å². The van der Waals surface area contributed by atoms with E-state index in [2.05, 4.69) is 0 Å². The summed E-state index contributed by atoms with van der Waals surface area (Å²) < 4.78 is 5.50. The summed E-state index contributed by atoms with van der Waals surface area (Å²) >= 11 is 0.